The number of aromatic nitrogens is 2. The topological polar surface area (TPSA) is 37.8 Å². The Balaban J connectivity index is 2.25. The van der Waals surface area contributed by atoms with Gasteiger partial charge >= 0.3 is 0 Å². The normalized spacial score (nSPS) is 12.9. The smallest absolute Gasteiger partial charge is 0.0970 e. The second-order valence-electron chi connectivity index (χ2n) is 3.39. The number of hydrogen-bond donors (Lipinski definition) is 1. The molecule has 0 spiro atoms. The van der Waals surface area contributed by atoms with Crippen LogP contribution < -0.4 is 5.32 Å². The van der Waals surface area contributed by atoms with E-state index in [0.29, 0.717) is 0 Å². The Morgan fingerprint density at radius 3 is 2.88 bits per heavy atom. The van der Waals surface area contributed by atoms with Crippen molar-refractivity contribution in [3.8, 4) is 0 Å². The quantitative estimate of drug-likeness (QED) is 0.917. The highest BCUT2D eigenvalue weighted by Crippen LogP contribution is 2.31. The highest BCUT2D eigenvalue weighted by molar-refractivity contribution is 9.10. The number of nitrogens with one attached hydrogen (secondary N) is 1. The van der Waals surface area contributed by atoms with Gasteiger partial charge in [0, 0.05) is 20.8 Å². The van der Waals surface area contributed by atoms with E-state index in [1.165, 1.54) is 17.1 Å². The summed E-state index contributed by atoms with van der Waals surface area (Å²) in [6.45, 7) is 3.14. The molecule has 0 aliphatic heterocycles. The van der Waals surface area contributed by atoms with E-state index in [-0.39, 0.29) is 6.04 Å². The van der Waals surface area contributed by atoms with Gasteiger partial charge in [0.2, 0.25) is 0 Å². The summed E-state index contributed by atoms with van der Waals surface area (Å²) in [7, 11) is 0. The molecule has 1 atom stereocenters. The van der Waals surface area contributed by atoms with Gasteiger partial charge in [-0.05, 0) is 45.8 Å². The largest absolute Gasteiger partial charge is 0.305 e. The molecule has 3 nitrogen and oxygen atoms in total. The molecule has 16 heavy (non-hydrogen) atoms. The molecule has 0 aliphatic rings. The summed E-state index contributed by atoms with van der Waals surface area (Å²) in [6.07, 6.45) is 1.11. The van der Waals surface area contributed by atoms with Crippen LogP contribution in [0.3, 0.4) is 0 Å². The molecule has 86 valence electrons. The molecular weight excluding hydrogens is 306 g/mol. The van der Waals surface area contributed by atoms with E-state index in [0.717, 1.165) is 23.1 Å². The maximum absolute atomic E-state index is 4.16. The third-order valence-corrected chi connectivity index (χ3v) is 4.50. The molecular formula is C10H12BrN3S2. The Morgan fingerprint density at radius 1 is 1.44 bits per heavy atom. The average Bonchev–Trinajstić information content (AvgIpc) is 2.91. The summed E-state index contributed by atoms with van der Waals surface area (Å²) in [5.41, 5.74) is 2.24. The van der Waals surface area contributed by atoms with Crippen molar-refractivity contribution in [1.29, 1.82) is 0 Å². The monoisotopic (exact) mass is 317 g/mol. The van der Waals surface area contributed by atoms with Crippen LogP contribution in [0.4, 0.5) is 0 Å². The first-order valence-electron chi connectivity index (χ1n) is 5.04. The molecule has 0 bridgehead atoms. The van der Waals surface area contributed by atoms with Gasteiger partial charge in [-0.25, -0.2) is 0 Å². The fourth-order valence-electron chi connectivity index (χ4n) is 1.46. The number of nitrogens with zero attached hydrogens (tertiary/aromatic N) is 2. The Morgan fingerprint density at radius 2 is 2.31 bits per heavy atom. The highest BCUT2D eigenvalue weighted by Gasteiger charge is 2.19. The Bertz CT molecular complexity index is 427. The summed E-state index contributed by atoms with van der Waals surface area (Å²) >= 11 is 6.66. The second-order valence-corrected chi connectivity index (χ2v) is 5.60. The van der Waals surface area contributed by atoms with Gasteiger partial charge in [0.15, 0.2) is 0 Å². The maximum atomic E-state index is 4.16. The van der Waals surface area contributed by atoms with Crippen molar-refractivity contribution in [2.75, 3.05) is 6.54 Å². The first kappa shape index (κ1) is 12.2. The van der Waals surface area contributed by atoms with Crippen LogP contribution in [-0.2, 0) is 0 Å². The van der Waals surface area contributed by atoms with Gasteiger partial charge in [-0.2, -0.15) is 11.3 Å². The summed E-state index contributed by atoms with van der Waals surface area (Å²) in [5.74, 6) is 0. The van der Waals surface area contributed by atoms with Gasteiger partial charge < -0.3 is 5.32 Å². The molecule has 2 aromatic rings. The summed E-state index contributed by atoms with van der Waals surface area (Å²) < 4.78 is 5.07. The average molecular weight is 318 g/mol. The Labute approximate surface area is 111 Å². The lowest BCUT2D eigenvalue weighted by Crippen LogP contribution is -2.23. The van der Waals surface area contributed by atoms with Crippen molar-refractivity contribution < 1.29 is 0 Å². The Kier molecular flexibility index (Phi) is 4.45. The lowest BCUT2D eigenvalue weighted by molar-refractivity contribution is 0.585. The van der Waals surface area contributed by atoms with Crippen LogP contribution in [-0.4, -0.2) is 16.1 Å². The van der Waals surface area contributed by atoms with Crippen molar-refractivity contribution in [3.63, 3.8) is 0 Å². The van der Waals surface area contributed by atoms with E-state index < -0.39 is 0 Å². The van der Waals surface area contributed by atoms with Gasteiger partial charge in [0.1, 0.15) is 0 Å². The van der Waals surface area contributed by atoms with Crippen LogP contribution in [0.1, 0.15) is 30.6 Å². The van der Waals surface area contributed by atoms with Gasteiger partial charge in [-0.15, -0.1) is 5.10 Å². The van der Waals surface area contributed by atoms with Crippen molar-refractivity contribution >= 4 is 38.8 Å². The van der Waals surface area contributed by atoms with Crippen LogP contribution in [0.25, 0.3) is 0 Å². The number of thiophene rings is 1. The van der Waals surface area contributed by atoms with E-state index in [1.807, 2.05) is 5.38 Å². The third-order valence-electron chi connectivity index (χ3n) is 2.22. The summed E-state index contributed by atoms with van der Waals surface area (Å²) in [5, 5.41) is 13.9. The maximum Gasteiger partial charge on any atom is 0.0970 e. The van der Waals surface area contributed by atoms with Crippen molar-refractivity contribution in [2.45, 2.75) is 19.4 Å². The standard InChI is InChI=1S/C10H12BrN3S2/c1-2-3-12-10(9-6-16-14-13-9)7-4-15-5-8(7)11/h4-6,10,12H,2-3H2,1H3. The van der Waals surface area contributed by atoms with E-state index in [2.05, 4.69) is 48.5 Å². The molecule has 0 aromatic carbocycles. The van der Waals surface area contributed by atoms with Crippen LogP contribution in [0.5, 0.6) is 0 Å². The molecule has 0 fully saturated rings. The molecule has 0 amide bonds. The molecule has 1 unspecified atom stereocenters. The van der Waals surface area contributed by atoms with Gasteiger partial charge in [0.05, 0.1) is 11.7 Å². The highest BCUT2D eigenvalue weighted by atomic mass is 79.9. The second kappa shape index (κ2) is 5.86. The van der Waals surface area contributed by atoms with Crippen LogP contribution in [0.2, 0.25) is 0 Å². The van der Waals surface area contributed by atoms with Crippen molar-refractivity contribution in [3.05, 3.63) is 31.9 Å². The molecule has 2 rings (SSSR count). The van der Waals surface area contributed by atoms with E-state index in [9.17, 15) is 0 Å². The zero-order valence-electron chi connectivity index (χ0n) is 8.81. The van der Waals surface area contributed by atoms with Crippen LogP contribution >= 0.6 is 38.8 Å². The first-order chi connectivity index (χ1) is 7.83. The number of hydrogen-bond acceptors (Lipinski definition) is 5. The minimum Gasteiger partial charge on any atom is -0.305 e. The SMILES string of the molecule is CCCNC(c1csnn1)c1cscc1Br. The summed E-state index contributed by atoms with van der Waals surface area (Å²) in [4.78, 5) is 0. The zero-order valence-corrected chi connectivity index (χ0v) is 12.0. The van der Waals surface area contributed by atoms with E-state index in [4.69, 9.17) is 0 Å². The Hall–Kier alpha value is -0.300. The third kappa shape index (κ3) is 2.68. The van der Waals surface area contributed by atoms with Crippen LogP contribution in [0, 0.1) is 0 Å². The number of rotatable bonds is 5. The molecule has 2 aromatic heterocycles. The van der Waals surface area contributed by atoms with Gasteiger partial charge in [0.25, 0.3) is 0 Å². The molecule has 0 saturated carbocycles. The predicted octanol–water partition coefficient (Wildman–Crippen LogP) is 3.45. The number of halogens is 1. The predicted molar refractivity (Wildman–Crippen MR) is 72.1 cm³/mol. The zero-order chi connectivity index (χ0) is 11.4. The van der Waals surface area contributed by atoms with Crippen molar-refractivity contribution in [1.82, 2.24) is 14.9 Å². The van der Waals surface area contributed by atoms with Gasteiger partial charge in [-0.3, -0.25) is 0 Å². The van der Waals surface area contributed by atoms with E-state index in [1.54, 1.807) is 11.3 Å². The minimum atomic E-state index is 0.152. The molecule has 2 heterocycles. The molecule has 6 heteroatoms. The summed E-state index contributed by atoms with van der Waals surface area (Å²) in [6, 6.07) is 0.152. The molecule has 0 radical (unpaired) electrons. The van der Waals surface area contributed by atoms with Crippen molar-refractivity contribution in [2.24, 2.45) is 0 Å². The fraction of sp³-hybridized carbons (Fsp3) is 0.400. The molecule has 0 aliphatic carbocycles. The molecule has 1 N–H and O–H groups in total. The molecule has 0 saturated heterocycles. The first-order valence-corrected chi connectivity index (χ1v) is 7.62. The lowest BCUT2D eigenvalue weighted by Gasteiger charge is -2.15. The lowest BCUT2D eigenvalue weighted by atomic mass is 10.1. The van der Waals surface area contributed by atoms with E-state index >= 15 is 0 Å². The van der Waals surface area contributed by atoms with Gasteiger partial charge in [-0.1, -0.05) is 11.4 Å². The minimum absolute atomic E-state index is 0.152. The van der Waals surface area contributed by atoms with Crippen LogP contribution in [0.15, 0.2) is 20.6 Å². The fourth-order valence-corrected chi connectivity index (χ4v) is 3.49.